The van der Waals surface area contributed by atoms with Gasteiger partial charge < -0.3 is 10.2 Å². The van der Waals surface area contributed by atoms with E-state index in [4.69, 9.17) is 23.2 Å². The van der Waals surface area contributed by atoms with E-state index < -0.39 is 28.5 Å². The molecule has 0 aliphatic heterocycles. The van der Waals surface area contributed by atoms with Crippen LogP contribution in [-0.2, 0) is 26.2 Å². The molecule has 3 aromatic rings. The Kier molecular flexibility index (Phi) is 10.4. The van der Waals surface area contributed by atoms with Gasteiger partial charge in [-0.1, -0.05) is 72.6 Å². The number of carbonyl (C=O) groups excluding carboxylic acids is 2. The van der Waals surface area contributed by atoms with Gasteiger partial charge in [-0.05, 0) is 68.7 Å². The molecule has 0 radical (unpaired) electrons. The molecule has 208 valence electrons. The third kappa shape index (κ3) is 7.53. The summed E-state index contributed by atoms with van der Waals surface area (Å²) in [6, 6.07) is 18.8. The van der Waals surface area contributed by atoms with Gasteiger partial charge in [-0.15, -0.1) is 0 Å². The summed E-state index contributed by atoms with van der Waals surface area (Å²) in [6.45, 7) is 6.95. The maximum absolute atomic E-state index is 14.1. The maximum atomic E-state index is 14.1. The predicted molar refractivity (Wildman–Crippen MR) is 157 cm³/mol. The van der Waals surface area contributed by atoms with E-state index in [2.05, 4.69) is 5.32 Å². The summed E-state index contributed by atoms with van der Waals surface area (Å²) in [4.78, 5) is 28.7. The fourth-order valence-electron chi connectivity index (χ4n) is 4.18. The van der Waals surface area contributed by atoms with Gasteiger partial charge in [0.2, 0.25) is 11.8 Å². The number of benzene rings is 3. The zero-order valence-corrected chi connectivity index (χ0v) is 24.7. The lowest BCUT2D eigenvalue weighted by Crippen LogP contribution is -2.53. The Bertz CT molecular complexity index is 1420. The van der Waals surface area contributed by atoms with E-state index in [-0.39, 0.29) is 39.1 Å². The third-order valence-corrected chi connectivity index (χ3v) is 8.53. The first kappa shape index (κ1) is 30.5. The Labute approximate surface area is 240 Å². The molecule has 0 fully saturated rings. The number of nitrogens with zero attached hydrogens (tertiary/aromatic N) is 2. The second kappa shape index (κ2) is 13.3. The van der Waals surface area contributed by atoms with Gasteiger partial charge in [0.15, 0.2) is 0 Å². The van der Waals surface area contributed by atoms with E-state index in [0.29, 0.717) is 6.42 Å². The lowest BCUT2D eigenvalue weighted by molar-refractivity contribution is -0.140. The van der Waals surface area contributed by atoms with Crippen LogP contribution in [0.3, 0.4) is 0 Å². The number of amides is 2. The lowest BCUT2D eigenvalue weighted by atomic mass is 10.1. The number of sulfonamides is 1. The van der Waals surface area contributed by atoms with Crippen LogP contribution in [0.2, 0.25) is 10.0 Å². The average molecular weight is 591 g/mol. The number of carbonyl (C=O) groups is 2. The Morgan fingerprint density at radius 2 is 1.59 bits per heavy atom. The van der Waals surface area contributed by atoms with Crippen molar-refractivity contribution >= 4 is 50.7 Å². The second-order valence-electron chi connectivity index (χ2n) is 9.46. The minimum absolute atomic E-state index is 0.0103. The molecule has 0 saturated carbocycles. The van der Waals surface area contributed by atoms with Crippen LogP contribution in [0, 0.1) is 6.92 Å². The van der Waals surface area contributed by atoms with Crippen molar-refractivity contribution in [3.8, 4) is 0 Å². The van der Waals surface area contributed by atoms with Gasteiger partial charge in [0.1, 0.15) is 12.6 Å². The standard InChI is InChI=1S/C29H33Cl2N3O4S/c1-5-26(29(36)32-20(2)3)33(18-22-12-10-9-11-21(22)4)28(35)19-34(27-17-23(30)15-16-25(27)31)39(37,38)24-13-7-6-8-14-24/h6-17,20,26H,5,18-19H2,1-4H3,(H,32,36)/t26-/m1/s1. The average Bonchev–Trinajstić information content (AvgIpc) is 2.89. The summed E-state index contributed by atoms with van der Waals surface area (Å²) >= 11 is 12.7. The summed E-state index contributed by atoms with van der Waals surface area (Å²) < 4.78 is 28.7. The summed E-state index contributed by atoms with van der Waals surface area (Å²) in [5.74, 6) is -0.868. The first-order chi connectivity index (χ1) is 18.4. The van der Waals surface area contributed by atoms with Crippen molar-refractivity contribution in [3.63, 3.8) is 0 Å². The Morgan fingerprint density at radius 3 is 2.21 bits per heavy atom. The van der Waals surface area contributed by atoms with Crippen LogP contribution in [0.5, 0.6) is 0 Å². The largest absolute Gasteiger partial charge is 0.352 e. The van der Waals surface area contributed by atoms with Crippen molar-refractivity contribution in [2.24, 2.45) is 0 Å². The van der Waals surface area contributed by atoms with Crippen molar-refractivity contribution < 1.29 is 18.0 Å². The molecule has 3 rings (SSSR count). The minimum Gasteiger partial charge on any atom is -0.352 e. The molecule has 2 amide bonds. The van der Waals surface area contributed by atoms with Crippen molar-refractivity contribution in [2.45, 2.75) is 57.6 Å². The van der Waals surface area contributed by atoms with Gasteiger partial charge in [-0.3, -0.25) is 13.9 Å². The van der Waals surface area contributed by atoms with E-state index in [1.165, 1.54) is 35.2 Å². The minimum atomic E-state index is -4.23. The maximum Gasteiger partial charge on any atom is 0.264 e. The number of hydrogen-bond acceptors (Lipinski definition) is 4. The highest BCUT2D eigenvalue weighted by Crippen LogP contribution is 2.33. The third-order valence-electron chi connectivity index (χ3n) is 6.21. The van der Waals surface area contributed by atoms with Gasteiger partial charge in [-0.25, -0.2) is 8.42 Å². The Morgan fingerprint density at radius 1 is 0.949 bits per heavy atom. The van der Waals surface area contributed by atoms with E-state index in [0.717, 1.165) is 15.4 Å². The van der Waals surface area contributed by atoms with Crippen LogP contribution < -0.4 is 9.62 Å². The Balaban J connectivity index is 2.11. The first-order valence-corrected chi connectivity index (χ1v) is 14.8. The molecule has 0 bridgehead atoms. The quantitative estimate of drug-likeness (QED) is 0.305. The first-order valence-electron chi connectivity index (χ1n) is 12.6. The highest BCUT2D eigenvalue weighted by Gasteiger charge is 2.34. The van der Waals surface area contributed by atoms with Crippen LogP contribution in [0.25, 0.3) is 0 Å². The van der Waals surface area contributed by atoms with Crippen molar-refractivity contribution in [1.29, 1.82) is 0 Å². The molecule has 0 aliphatic rings. The van der Waals surface area contributed by atoms with E-state index >= 15 is 0 Å². The van der Waals surface area contributed by atoms with E-state index in [9.17, 15) is 18.0 Å². The molecule has 0 spiro atoms. The van der Waals surface area contributed by atoms with Gasteiger partial charge in [0, 0.05) is 17.6 Å². The number of aryl methyl sites for hydroxylation is 1. The second-order valence-corrected chi connectivity index (χ2v) is 12.2. The lowest BCUT2D eigenvalue weighted by Gasteiger charge is -2.34. The topological polar surface area (TPSA) is 86.8 Å². The molecule has 0 aromatic heterocycles. The van der Waals surface area contributed by atoms with Gasteiger partial charge in [-0.2, -0.15) is 0 Å². The summed E-state index contributed by atoms with van der Waals surface area (Å²) in [6.07, 6.45) is 0.333. The molecule has 0 heterocycles. The summed E-state index contributed by atoms with van der Waals surface area (Å²) in [5.41, 5.74) is 1.86. The fourth-order valence-corrected chi connectivity index (χ4v) is 6.06. The highest BCUT2D eigenvalue weighted by atomic mass is 35.5. The van der Waals surface area contributed by atoms with Crippen LogP contribution in [0.1, 0.15) is 38.3 Å². The molecule has 0 aliphatic carbocycles. The summed E-state index contributed by atoms with van der Waals surface area (Å²) in [5, 5.41) is 3.26. The molecule has 3 aromatic carbocycles. The molecule has 0 saturated heterocycles. The normalized spacial score (nSPS) is 12.2. The zero-order valence-electron chi connectivity index (χ0n) is 22.4. The molecule has 7 nitrogen and oxygen atoms in total. The number of nitrogens with one attached hydrogen (secondary N) is 1. The van der Waals surface area contributed by atoms with Gasteiger partial charge in [0.25, 0.3) is 10.0 Å². The van der Waals surface area contributed by atoms with Crippen LogP contribution in [-0.4, -0.2) is 43.8 Å². The number of hydrogen-bond donors (Lipinski definition) is 1. The molecular weight excluding hydrogens is 557 g/mol. The van der Waals surface area contributed by atoms with E-state index in [1.807, 2.05) is 52.0 Å². The molecule has 39 heavy (non-hydrogen) atoms. The molecule has 0 unspecified atom stereocenters. The fraction of sp³-hybridized carbons (Fsp3) is 0.310. The van der Waals surface area contributed by atoms with E-state index in [1.54, 1.807) is 18.2 Å². The van der Waals surface area contributed by atoms with Crippen molar-refractivity contribution in [3.05, 3.63) is 94.0 Å². The summed E-state index contributed by atoms with van der Waals surface area (Å²) in [7, 11) is -4.23. The number of halogens is 2. The van der Waals surface area contributed by atoms with Crippen molar-refractivity contribution in [1.82, 2.24) is 10.2 Å². The van der Waals surface area contributed by atoms with Crippen LogP contribution in [0.4, 0.5) is 5.69 Å². The predicted octanol–water partition coefficient (Wildman–Crippen LogP) is 5.83. The Hall–Kier alpha value is -3.07. The SMILES string of the molecule is CC[C@H](C(=O)NC(C)C)N(Cc1ccccc1C)C(=O)CN(c1cc(Cl)ccc1Cl)S(=O)(=O)c1ccccc1. The monoisotopic (exact) mass is 589 g/mol. The van der Waals surface area contributed by atoms with Crippen LogP contribution in [0.15, 0.2) is 77.7 Å². The molecule has 1 atom stereocenters. The van der Waals surface area contributed by atoms with Gasteiger partial charge in [0.05, 0.1) is 15.6 Å². The number of rotatable bonds is 11. The van der Waals surface area contributed by atoms with Crippen molar-refractivity contribution in [2.75, 3.05) is 10.8 Å². The molecular formula is C29H33Cl2N3O4S. The zero-order chi connectivity index (χ0) is 28.7. The van der Waals surface area contributed by atoms with Crippen LogP contribution >= 0.6 is 23.2 Å². The highest BCUT2D eigenvalue weighted by molar-refractivity contribution is 7.92. The number of anilines is 1. The van der Waals surface area contributed by atoms with Gasteiger partial charge >= 0.3 is 0 Å². The smallest absolute Gasteiger partial charge is 0.264 e. The molecule has 10 heteroatoms. The molecule has 1 N–H and O–H groups in total.